The molecular weight excluding hydrogens is 224 g/mol. The highest BCUT2D eigenvalue weighted by atomic mass is 79.9. The second kappa shape index (κ2) is 3.64. The smallest absolute Gasteiger partial charge is 0.283 e. The summed E-state index contributed by atoms with van der Waals surface area (Å²) in [7, 11) is 0. The Balaban J connectivity index is 3.17. The van der Waals surface area contributed by atoms with Gasteiger partial charge in [-0.15, -0.1) is 0 Å². The molecular formula is C7H7BrN2O2. The Bertz CT molecular complexity index is 314. The molecule has 1 aromatic rings. The maximum Gasteiger partial charge on any atom is 0.283 e. The maximum absolute atomic E-state index is 10.4. The third kappa shape index (κ3) is 1.80. The van der Waals surface area contributed by atoms with E-state index in [1.807, 2.05) is 0 Å². The molecule has 0 bridgehead atoms. The number of hydrogen-bond acceptors (Lipinski definition) is 3. The van der Waals surface area contributed by atoms with Gasteiger partial charge in [-0.25, -0.2) is 0 Å². The van der Waals surface area contributed by atoms with Gasteiger partial charge in [0.05, 0.1) is 9.40 Å². The molecule has 0 aliphatic heterocycles. The van der Waals surface area contributed by atoms with Crippen LogP contribution in [0, 0.1) is 10.1 Å². The van der Waals surface area contributed by atoms with E-state index in [-0.39, 0.29) is 5.69 Å². The zero-order valence-corrected chi connectivity index (χ0v) is 7.74. The van der Waals surface area contributed by atoms with E-state index in [1.165, 1.54) is 6.07 Å². The van der Waals surface area contributed by atoms with E-state index in [0.29, 0.717) is 11.0 Å². The standard InChI is InChI=1S/C7H7BrN2O2/c8-6-2-1-5(4-9)3-7(6)10(11)12/h1-3H,4,9H2. The minimum Gasteiger partial charge on any atom is -0.326 e. The van der Waals surface area contributed by atoms with Gasteiger partial charge in [-0.05, 0) is 27.6 Å². The molecule has 5 heteroatoms. The van der Waals surface area contributed by atoms with Gasteiger partial charge in [0.25, 0.3) is 5.69 Å². The summed E-state index contributed by atoms with van der Waals surface area (Å²) < 4.78 is 0.477. The van der Waals surface area contributed by atoms with Crippen molar-refractivity contribution in [3.05, 3.63) is 38.3 Å². The van der Waals surface area contributed by atoms with Crippen molar-refractivity contribution < 1.29 is 4.92 Å². The van der Waals surface area contributed by atoms with Crippen molar-refractivity contribution in [2.75, 3.05) is 0 Å². The van der Waals surface area contributed by atoms with E-state index >= 15 is 0 Å². The van der Waals surface area contributed by atoms with E-state index < -0.39 is 4.92 Å². The van der Waals surface area contributed by atoms with Crippen LogP contribution in [0.2, 0.25) is 0 Å². The van der Waals surface area contributed by atoms with Crippen LogP contribution in [-0.2, 0) is 6.54 Å². The summed E-state index contributed by atoms with van der Waals surface area (Å²) >= 11 is 3.08. The highest BCUT2D eigenvalue weighted by Gasteiger charge is 2.10. The second-order valence-corrected chi connectivity index (χ2v) is 3.10. The van der Waals surface area contributed by atoms with Crippen molar-refractivity contribution in [1.29, 1.82) is 0 Å². The number of benzene rings is 1. The number of rotatable bonds is 2. The molecule has 1 aromatic carbocycles. The Morgan fingerprint density at radius 1 is 1.58 bits per heavy atom. The number of hydrogen-bond donors (Lipinski definition) is 1. The molecule has 0 aliphatic carbocycles. The zero-order valence-electron chi connectivity index (χ0n) is 6.16. The number of halogens is 1. The monoisotopic (exact) mass is 230 g/mol. The van der Waals surface area contributed by atoms with Crippen LogP contribution >= 0.6 is 15.9 Å². The normalized spacial score (nSPS) is 9.83. The van der Waals surface area contributed by atoms with Gasteiger partial charge in [-0.1, -0.05) is 6.07 Å². The van der Waals surface area contributed by atoms with Crippen LogP contribution in [0.1, 0.15) is 5.56 Å². The van der Waals surface area contributed by atoms with Crippen molar-refractivity contribution in [2.24, 2.45) is 5.73 Å². The summed E-state index contributed by atoms with van der Waals surface area (Å²) in [5.41, 5.74) is 6.14. The summed E-state index contributed by atoms with van der Waals surface area (Å²) in [6.07, 6.45) is 0. The van der Waals surface area contributed by atoms with Crippen LogP contribution in [-0.4, -0.2) is 4.92 Å². The third-order valence-electron chi connectivity index (χ3n) is 1.44. The highest BCUT2D eigenvalue weighted by Crippen LogP contribution is 2.25. The van der Waals surface area contributed by atoms with E-state index in [1.54, 1.807) is 12.1 Å². The summed E-state index contributed by atoms with van der Waals surface area (Å²) in [6, 6.07) is 4.83. The lowest BCUT2D eigenvalue weighted by atomic mass is 10.2. The number of nitro benzene ring substituents is 1. The summed E-state index contributed by atoms with van der Waals surface area (Å²) in [6.45, 7) is 0.314. The fourth-order valence-corrected chi connectivity index (χ4v) is 1.22. The van der Waals surface area contributed by atoms with Crippen molar-refractivity contribution >= 4 is 21.6 Å². The van der Waals surface area contributed by atoms with Crippen LogP contribution in [0.3, 0.4) is 0 Å². The lowest BCUT2D eigenvalue weighted by Crippen LogP contribution is -1.97. The molecule has 0 spiro atoms. The second-order valence-electron chi connectivity index (χ2n) is 2.25. The van der Waals surface area contributed by atoms with Crippen LogP contribution in [0.15, 0.2) is 22.7 Å². The molecule has 64 valence electrons. The third-order valence-corrected chi connectivity index (χ3v) is 2.11. The van der Waals surface area contributed by atoms with Gasteiger partial charge in [0.2, 0.25) is 0 Å². The molecule has 0 saturated heterocycles. The molecule has 0 unspecified atom stereocenters. The Morgan fingerprint density at radius 3 is 2.75 bits per heavy atom. The fourth-order valence-electron chi connectivity index (χ4n) is 0.825. The Kier molecular flexibility index (Phi) is 2.78. The first kappa shape index (κ1) is 9.15. The molecule has 0 heterocycles. The van der Waals surface area contributed by atoms with Crippen LogP contribution < -0.4 is 5.73 Å². The predicted molar refractivity (Wildman–Crippen MR) is 48.7 cm³/mol. The summed E-state index contributed by atoms with van der Waals surface area (Å²) in [4.78, 5) is 9.98. The molecule has 0 aliphatic rings. The van der Waals surface area contributed by atoms with E-state index in [2.05, 4.69) is 15.9 Å². The first-order chi connectivity index (χ1) is 5.65. The van der Waals surface area contributed by atoms with Gasteiger partial charge in [0, 0.05) is 12.6 Å². The summed E-state index contributed by atoms with van der Waals surface area (Å²) in [5, 5.41) is 10.4. The fraction of sp³-hybridized carbons (Fsp3) is 0.143. The maximum atomic E-state index is 10.4. The van der Waals surface area contributed by atoms with Crippen molar-refractivity contribution in [1.82, 2.24) is 0 Å². The first-order valence-electron chi connectivity index (χ1n) is 3.28. The van der Waals surface area contributed by atoms with Gasteiger partial charge in [-0.2, -0.15) is 0 Å². The molecule has 0 amide bonds. The number of nitro groups is 1. The van der Waals surface area contributed by atoms with Gasteiger partial charge < -0.3 is 5.73 Å². The molecule has 0 aromatic heterocycles. The minimum atomic E-state index is -0.441. The van der Waals surface area contributed by atoms with E-state index in [9.17, 15) is 10.1 Å². The lowest BCUT2D eigenvalue weighted by molar-refractivity contribution is -0.385. The lowest BCUT2D eigenvalue weighted by Gasteiger charge is -1.98. The zero-order chi connectivity index (χ0) is 9.14. The molecule has 2 N–H and O–H groups in total. The molecule has 4 nitrogen and oxygen atoms in total. The Labute approximate surface area is 77.7 Å². The molecule has 1 rings (SSSR count). The first-order valence-corrected chi connectivity index (χ1v) is 4.07. The van der Waals surface area contributed by atoms with Crippen molar-refractivity contribution in [3.63, 3.8) is 0 Å². The molecule has 0 saturated carbocycles. The topological polar surface area (TPSA) is 69.2 Å². The molecule has 0 radical (unpaired) electrons. The average Bonchev–Trinajstić information content (AvgIpc) is 2.05. The summed E-state index contributed by atoms with van der Waals surface area (Å²) in [5.74, 6) is 0. The van der Waals surface area contributed by atoms with Crippen molar-refractivity contribution in [3.8, 4) is 0 Å². The largest absolute Gasteiger partial charge is 0.326 e. The van der Waals surface area contributed by atoms with E-state index in [0.717, 1.165) is 5.56 Å². The highest BCUT2D eigenvalue weighted by molar-refractivity contribution is 9.10. The molecule has 12 heavy (non-hydrogen) atoms. The SMILES string of the molecule is NCc1ccc(Br)c([N+](=O)[O-])c1. The predicted octanol–water partition coefficient (Wildman–Crippen LogP) is 1.82. The van der Waals surface area contributed by atoms with Gasteiger partial charge in [0.1, 0.15) is 0 Å². The number of nitrogens with two attached hydrogens (primary N) is 1. The molecule has 0 fully saturated rings. The quantitative estimate of drug-likeness (QED) is 0.623. The average molecular weight is 231 g/mol. The van der Waals surface area contributed by atoms with E-state index in [4.69, 9.17) is 5.73 Å². The van der Waals surface area contributed by atoms with Gasteiger partial charge in [0.15, 0.2) is 0 Å². The van der Waals surface area contributed by atoms with Crippen molar-refractivity contribution in [2.45, 2.75) is 6.54 Å². The Hall–Kier alpha value is -0.940. The molecule has 0 atom stereocenters. The van der Waals surface area contributed by atoms with Crippen LogP contribution in [0.4, 0.5) is 5.69 Å². The Morgan fingerprint density at radius 2 is 2.25 bits per heavy atom. The van der Waals surface area contributed by atoms with Crippen LogP contribution in [0.25, 0.3) is 0 Å². The number of nitrogens with zero attached hydrogens (tertiary/aromatic N) is 1. The van der Waals surface area contributed by atoms with Crippen LogP contribution in [0.5, 0.6) is 0 Å². The minimum absolute atomic E-state index is 0.0537. The van der Waals surface area contributed by atoms with Gasteiger partial charge >= 0.3 is 0 Å². The van der Waals surface area contributed by atoms with Gasteiger partial charge in [-0.3, -0.25) is 10.1 Å².